The van der Waals surface area contributed by atoms with Gasteiger partial charge in [-0.05, 0) is 33.2 Å². The molecular formula is C16H22BFO3S. The summed E-state index contributed by atoms with van der Waals surface area (Å²) in [7, 11) is -0.556. The van der Waals surface area contributed by atoms with Crippen LogP contribution in [0.1, 0.15) is 38.8 Å². The molecule has 0 atom stereocenters. The number of halogens is 1. The lowest BCUT2D eigenvalue weighted by Crippen LogP contribution is -2.41. The number of aliphatic hydroxyl groups excluding tert-OH is 1. The topological polar surface area (TPSA) is 38.7 Å². The number of aliphatic hydroxyl groups is 1. The summed E-state index contributed by atoms with van der Waals surface area (Å²) in [6, 6.07) is 4.92. The molecular weight excluding hydrogens is 302 g/mol. The average molecular weight is 324 g/mol. The van der Waals surface area contributed by atoms with Gasteiger partial charge < -0.3 is 14.4 Å². The van der Waals surface area contributed by atoms with Crippen molar-refractivity contribution >= 4 is 25.8 Å². The van der Waals surface area contributed by atoms with Gasteiger partial charge in [0.05, 0.1) is 17.8 Å². The van der Waals surface area contributed by atoms with Crippen molar-refractivity contribution in [1.82, 2.24) is 0 Å². The van der Waals surface area contributed by atoms with E-state index in [9.17, 15) is 4.39 Å². The minimum Gasteiger partial charge on any atom is -0.400 e. The molecule has 1 fully saturated rings. The zero-order valence-corrected chi connectivity index (χ0v) is 14.3. The van der Waals surface area contributed by atoms with Gasteiger partial charge in [0.1, 0.15) is 5.82 Å². The molecule has 2 rings (SSSR count). The van der Waals surface area contributed by atoms with E-state index in [1.54, 1.807) is 24.3 Å². The van der Waals surface area contributed by atoms with Crippen molar-refractivity contribution in [3.05, 3.63) is 40.6 Å². The van der Waals surface area contributed by atoms with Crippen molar-refractivity contribution in [3.63, 3.8) is 0 Å². The van der Waals surface area contributed by atoms with Crippen molar-refractivity contribution in [2.45, 2.75) is 45.5 Å². The molecule has 1 aromatic carbocycles. The highest BCUT2D eigenvalue weighted by Gasteiger charge is 2.52. The Labute approximate surface area is 137 Å². The van der Waals surface area contributed by atoms with Gasteiger partial charge in [-0.3, -0.25) is 0 Å². The molecule has 0 aromatic heterocycles. The highest BCUT2D eigenvalue weighted by atomic mass is 32.1. The van der Waals surface area contributed by atoms with Gasteiger partial charge in [0, 0.05) is 16.9 Å². The van der Waals surface area contributed by atoms with Crippen LogP contribution in [0.4, 0.5) is 4.39 Å². The monoisotopic (exact) mass is 324 g/mol. The van der Waals surface area contributed by atoms with E-state index in [2.05, 4.69) is 12.6 Å². The third-order valence-electron chi connectivity index (χ3n) is 4.36. The van der Waals surface area contributed by atoms with E-state index in [4.69, 9.17) is 14.4 Å². The lowest BCUT2D eigenvalue weighted by molar-refractivity contribution is 0.00578. The van der Waals surface area contributed by atoms with Crippen LogP contribution in [0.2, 0.25) is 0 Å². The molecule has 1 heterocycles. The highest BCUT2D eigenvalue weighted by molar-refractivity contribution is 7.80. The second kappa shape index (κ2) is 6.36. The molecule has 1 aromatic rings. The number of hydrogen-bond donors (Lipinski definition) is 2. The smallest absolute Gasteiger partial charge is 0.400 e. The third kappa shape index (κ3) is 3.25. The quantitative estimate of drug-likeness (QED) is 0.660. The molecule has 0 saturated carbocycles. The molecule has 0 unspecified atom stereocenters. The summed E-state index contributed by atoms with van der Waals surface area (Å²) in [6.45, 7) is 7.54. The fraction of sp³-hybridized carbons (Fsp3) is 0.500. The van der Waals surface area contributed by atoms with Gasteiger partial charge in [-0.15, -0.1) is 0 Å². The maximum Gasteiger partial charge on any atom is 0.491 e. The van der Waals surface area contributed by atoms with Crippen LogP contribution in [0.5, 0.6) is 0 Å². The SMILES string of the molecule is CC1(C)OB(C(=Cc2cccc(CO)c2F)CS)OC1(C)C. The van der Waals surface area contributed by atoms with Crippen LogP contribution in [0.15, 0.2) is 23.7 Å². The summed E-state index contributed by atoms with van der Waals surface area (Å²) in [4.78, 5) is 0. The number of benzene rings is 1. The van der Waals surface area contributed by atoms with Gasteiger partial charge in [0.15, 0.2) is 0 Å². The molecule has 6 heteroatoms. The first-order valence-electron chi connectivity index (χ1n) is 7.27. The summed E-state index contributed by atoms with van der Waals surface area (Å²) in [6.07, 6.45) is 1.68. The third-order valence-corrected chi connectivity index (χ3v) is 4.72. The molecule has 0 aliphatic carbocycles. The first-order chi connectivity index (χ1) is 10.2. The zero-order chi connectivity index (χ0) is 16.5. The first-order valence-corrected chi connectivity index (χ1v) is 7.90. The van der Waals surface area contributed by atoms with Crippen molar-refractivity contribution in [2.24, 2.45) is 0 Å². The van der Waals surface area contributed by atoms with E-state index >= 15 is 0 Å². The van der Waals surface area contributed by atoms with Crippen molar-refractivity contribution in [1.29, 1.82) is 0 Å². The summed E-state index contributed by atoms with van der Waals surface area (Å²) >= 11 is 4.32. The molecule has 120 valence electrons. The van der Waals surface area contributed by atoms with Gasteiger partial charge in [0.2, 0.25) is 0 Å². The summed E-state index contributed by atoms with van der Waals surface area (Å²) in [5.41, 5.74) is 0.499. The van der Waals surface area contributed by atoms with E-state index in [1.165, 1.54) is 0 Å². The van der Waals surface area contributed by atoms with Crippen LogP contribution < -0.4 is 0 Å². The average Bonchev–Trinajstić information content (AvgIpc) is 2.66. The van der Waals surface area contributed by atoms with E-state index in [1.807, 2.05) is 27.7 Å². The number of hydrogen-bond acceptors (Lipinski definition) is 4. The minimum atomic E-state index is -0.556. The maximum absolute atomic E-state index is 14.2. The van der Waals surface area contributed by atoms with Crippen LogP contribution in [0.25, 0.3) is 6.08 Å². The minimum absolute atomic E-state index is 0.265. The molecule has 1 aliphatic heterocycles. The van der Waals surface area contributed by atoms with Gasteiger partial charge in [-0.1, -0.05) is 24.3 Å². The lowest BCUT2D eigenvalue weighted by atomic mass is 9.78. The fourth-order valence-electron chi connectivity index (χ4n) is 2.22. The van der Waals surface area contributed by atoms with Crippen molar-refractivity contribution in [3.8, 4) is 0 Å². The Balaban J connectivity index is 2.34. The molecule has 22 heavy (non-hydrogen) atoms. The number of rotatable bonds is 4. The molecule has 0 spiro atoms. The highest BCUT2D eigenvalue weighted by Crippen LogP contribution is 2.39. The van der Waals surface area contributed by atoms with Crippen LogP contribution in [-0.4, -0.2) is 29.2 Å². The molecule has 1 saturated heterocycles. The fourth-order valence-corrected chi connectivity index (χ4v) is 2.46. The standard InChI is InChI=1S/C16H22BFO3S/c1-15(2)16(3,4)21-17(20-15)13(10-22)8-11-6-5-7-12(9-19)14(11)18/h5-8,19,22H,9-10H2,1-4H3. The van der Waals surface area contributed by atoms with Crippen molar-refractivity contribution in [2.75, 3.05) is 5.75 Å². The predicted molar refractivity (Wildman–Crippen MR) is 90.2 cm³/mol. The molecule has 1 N–H and O–H groups in total. The Kier molecular flexibility index (Phi) is 5.07. The summed E-state index contributed by atoms with van der Waals surface area (Å²) in [5.74, 6) is -0.0413. The second-order valence-electron chi connectivity index (χ2n) is 6.44. The van der Waals surface area contributed by atoms with E-state index in [0.29, 0.717) is 11.3 Å². The zero-order valence-electron chi connectivity index (χ0n) is 13.4. The van der Waals surface area contributed by atoms with Gasteiger partial charge in [-0.25, -0.2) is 4.39 Å². The summed E-state index contributed by atoms with van der Waals surface area (Å²) in [5, 5.41) is 9.16. The Bertz CT molecular complexity index is 571. The lowest BCUT2D eigenvalue weighted by Gasteiger charge is -2.32. The Morgan fingerprint density at radius 2 is 1.86 bits per heavy atom. The van der Waals surface area contributed by atoms with E-state index < -0.39 is 24.1 Å². The van der Waals surface area contributed by atoms with E-state index in [-0.39, 0.29) is 12.2 Å². The van der Waals surface area contributed by atoms with Gasteiger partial charge in [-0.2, -0.15) is 12.6 Å². The molecule has 0 radical (unpaired) electrons. The van der Waals surface area contributed by atoms with Crippen LogP contribution in [0.3, 0.4) is 0 Å². The van der Waals surface area contributed by atoms with Crippen molar-refractivity contribution < 1.29 is 18.8 Å². The van der Waals surface area contributed by atoms with Gasteiger partial charge in [0.25, 0.3) is 0 Å². The van der Waals surface area contributed by atoms with Crippen LogP contribution in [-0.2, 0) is 15.9 Å². The first kappa shape index (κ1) is 17.5. The Morgan fingerprint density at radius 1 is 1.27 bits per heavy atom. The van der Waals surface area contributed by atoms with Gasteiger partial charge >= 0.3 is 7.12 Å². The molecule has 1 aliphatic rings. The number of thiol groups is 1. The van der Waals surface area contributed by atoms with Crippen LogP contribution >= 0.6 is 12.6 Å². The largest absolute Gasteiger partial charge is 0.491 e. The summed E-state index contributed by atoms with van der Waals surface area (Å²) < 4.78 is 26.2. The van der Waals surface area contributed by atoms with E-state index in [0.717, 1.165) is 5.47 Å². The molecule has 3 nitrogen and oxygen atoms in total. The Hall–Kier alpha value is -0.815. The molecule has 0 amide bonds. The normalized spacial score (nSPS) is 20.5. The maximum atomic E-state index is 14.2. The van der Waals surface area contributed by atoms with Crippen LogP contribution in [0, 0.1) is 5.82 Å². The second-order valence-corrected chi connectivity index (χ2v) is 6.76. The predicted octanol–water partition coefficient (Wildman–Crippen LogP) is 3.26. The Morgan fingerprint density at radius 3 is 2.36 bits per heavy atom. The molecule has 0 bridgehead atoms.